The summed E-state index contributed by atoms with van der Waals surface area (Å²) < 4.78 is 27.2. The predicted molar refractivity (Wildman–Crippen MR) is 50.9 cm³/mol. The number of nitrogens with zero attached hydrogens (tertiary/aromatic N) is 2. The molecule has 0 radical (unpaired) electrons. The molecule has 0 spiro atoms. The third-order valence-corrected chi connectivity index (χ3v) is 1.88. The zero-order chi connectivity index (χ0) is 10.8. The van der Waals surface area contributed by atoms with Crippen LogP contribution < -0.4 is 0 Å². The first-order chi connectivity index (χ1) is 6.38. The van der Waals surface area contributed by atoms with Crippen LogP contribution >= 0.6 is 0 Å². The molecule has 0 bridgehead atoms. The summed E-state index contributed by atoms with van der Waals surface area (Å²) in [6.45, 7) is 0. The van der Waals surface area contributed by atoms with Gasteiger partial charge in [-0.15, -0.1) is 0 Å². The third-order valence-electron chi connectivity index (χ3n) is 1.28. The fourth-order valence-electron chi connectivity index (χ4n) is 0.788. The summed E-state index contributed by atoms with van der Waals surface area (Å²) in [6.07, 6.45) is 3.83. The molecule has 0 saturated carbocycles. The zero-order valence-corrected chi connectivity index (χ0v) is 8.55. The molecule has 1 amide bonds. The maximum absolute atomic E-state index is 12.6. The minimum Gasteiger partial charge on any atom is -0.266 e. The lowest BCUT2D eigenvalue weighted by Gasteiger charge is -1.96. The zero-order valence-electron chi connectivity index (χ0n) is 7.73. The molecule has 14 heavy (non-hydrogen) atoms. The lowest BCUT2D eigenvalue weighted by molar-refractivity contribution is 0.100. The number of carbonyl (C=O) groups is 1. The molecule has 0 aromatic carbocycles. The van der Waals surface area contributed by atoms with E-state index in [-0.39, 0.29) is 5.56 Å². The third kappa shape index (κ3) is 3.21. The van der Waals surface area contributed by atoms with Gasteiger partial charge in [-0.05, 0) is 6.07 Å². The number of carbonyl (C=O) groups excluding carboxylic acids is 1. The van der Waals surface area contributed by atoms with E-state index >= 15 is 0 Å². The molecule has 0 unspecified atom stereocenters. The highest BCUT2D eigenvalue weighted by atomic mass is 32.2. The quantitative estimate of drug-likeness (QED) is 0.660. The van der Waals surface area contributed by atoms with Crippen molar-refractivity contribution >= 4 is 15.6 Å². The highest BCUT2D eigenvalue weighted by Crippen LogP contribution is 2.03. The summed E-state index contributed by atoms with van der Waals surface area (Å²) in [5.41, 5.74) is 0.0499. The van der Waals surface area contributed by atoms with Crippen molar-refractivity contribution in [1.29, 1.82) is 0 Å². The van der Waals surface area contributed by atoms with Crippen molar-refractivity contribution in [3.8, 4) is 0 Å². The maximum Gasteiger partial charge on any atom is 0.285 e. The summed E-state index contributed by atoms with van der Waals surface area (Å²) in [7, 11) is -2.50. The van der Waals surface area contributed by atoms with Crippen LogP contribution in [0.3, 0.4) is 0 Å². The minimum atomic E-state index is -2.50. The van der Waals surface area contributed by atoms with Crippen molar-refractivity contribution in [2.75, 3.05) is 12.5 Å². The Morgan fingerprint density at radius 2 is 2.21 bits per heavy atom. The minimum absolute atomic E-state index is 0.0499. The predicted octanol–water partition coefficient (Wildman–Crippen LogP) is 1.09. The largest absolute Gasteiger partial charge is 0.285 e. The number of rotatable bonds is 1. The molecular weight excluding hydrogens is 207 g/mol. The van der Waals surface area contributed by atoms with Crippen molar-refractivity contribution in [2.24, 2.45) is 4.36 Å². The molecule has 76 valence electrons. The van der Waals surface area contributed by atoms with E-state index in [0.717, 1.165) is 12.3 Å². The number of halogens is 1. The van der Waals surface area contributed by atoms with Crippen LogP contribution in [0.1, 0.15) is 10.4 Å². The van der Waals surface area contributed by atoms with E-state index in [0.29, 0.717) is 0 Å². The Hall–Kier alpha value is -1.30. The van der Waals surface area contributed by atoms with E-state index in [4.69, 9.17) is 0 Å². The highest BCUT2D eigenvalue weighted by Gasteiger charge is 2.06. The second-order valence-electron chi connectivity index (χ2n) is 2.94. The Bertz CT molecular complexity index is 470. The van der Waals surface area contributed by atoms with Crippen LogP contribution in [0.15, 0.2) is 22.7 Å². The summed E-state index contributed by atoms with van der Waals surface area (Å²) in [5, 5.41) is 0. The lowest BCUT2D eigenvalue weighted by Crippen LogP contribution is -2.01. The molecule has 1 aromatic rings. The first kappa shape index (κ1) is 10.8. The van der Waals surface area contributed by atoms with Gasteiger partial charge in [-0.25, -0.2) is 9.19 Å². The van der Waals surface area contributed by atoms with Gasteiger partial charge in [-0.3, -0.25) is 4.79 Å². The SMILES string of the molecule is CS(C)(=O)=NC(=O)c1ccnc(F)c1. The molecule has 0 fully saturated rings. The van der Waals surface area contributed by atoms with Crippen molar-refractivity contribution in [2.45, 2.75) is 0 Å². The molecule has 0 saturated heterocycles. The van der Waals surface area contributed by atoms with E-state index in [9.17, 15) is 13.4 Å². The standard InChI is InChI=1S/C8H9FN2O2S/c1-14(2,13)11-8(12)6-3-4-10-7(9)5-6/h3-5H,1-2H3. The Morgan fingerprint density at radius 1 is 1.57 bits per heavy atom. The van der Waals surface area contributed by atoms with Gasteiger partial charge in [0.15, 0.2) is 0 Å². The van der Waals surface area contributed by atoms with Crippen LogP contribution in [-0.2, 0) is 9.73 Å². The fraction of sp³-hybridized carbons (Fsp3) is 0.250. The molecule has 0 aliphatic heterocycles. The van der Waals surface area contributed by atoms with Gasteiger partial charge in [-0.2, -0.15) is 8.75 Å². The molecule has 0 atom stereocenters. The monoisotopic (exact) mass is 216 g/mol. The van der Waals surface area contributed by atoms with E-state index < -0.39 is 21.6 Å². The number of aromatic nitrogens is 1. The van der Waals surface area contributed by atoms with Gasteiger partial charge in [-0.1, -0.05) is 0 Å². The van der Waals surface area contributed by atoms with Crippen LogP contribution in [0.4, 0.5) is 4.39 Å². The molecular formula is C8H9FN2O2S. The molecule has 4 nitrogen and oxygen atoms in total. The summed E-state index contributed by atoms with van der Waals surface area (Å²) in [6, 6.07) is 2.27. The normalized spacial score (nSPS) is 11.1. The Labute approximate surface area is 81.4 Å². The second kappa shape index (κ2) is 3.83. The first-order valence-corrected chi connectivity index (χ1v) is 6.05. The smallest absolute Gasteiger partial charge is 0.266 e. The van der Waals surface area contributed by atoms with E-state index in [1.54, 1.807) is 0 Å². The van der Waals surface area contributed by atoms with Crippen LogP contribution in [-0.4, -0.2) is 27.6 Å². The van der Waals surface area contributed by atoms with Crippen LogP contribution in [0, 0.1) is 5.95 Å². The molecule has 0 aliphatic carbocycles. The van der Waals surface area contributed by atoms with Crippen molar-refractivity contribution in [3.05, 3.63) is 29.8 Å². The first-order valence-electron chi connectivity index (χ1n) is 3.71. The van der Waals surface area contributed by atoms with Crippen LogP contribution in [0.5, 0.6) is 0 Å². The van der Waals surface area contributed by atoms with E-state index in [1.165, 1.54) is 18.6 Å². The lowest BCUT2D eigenvalue weighted by atomic mass is 10.2. The van der Waals surface area contributed by atoms with Gasteiger partial charge in [0.05, 0.1) is 0 Å². The Morgan fingerprint density at radius 3 is 2.71 bits per heavy atom. The molecule has 0 aliphatic rings. The maximum atomic E-state index is 12.6. The molecule has 6 heteroatoms. The molecule has 1 rings (SSSR count). The van der Waals surface area contributed by atoms with Gasteiger partial charge in [0.25, 0.3) is 5.91 Å². The van der Waals surface area contributed by atoms with Gasteiger partial charge in [0.1, 0.15) is 0 Å². The summed E-state index contributed by atoms with van der Waals surface area (Å²) >= 11 is 0. The average molecular weight is 216 g/mol. The van der Waals surface area contributed by atoms with Gasteiger partial charge in [0.2, 0.25) is 5.95 Å². The van der Waals surface area contributed by atoms with Crippen LogP contribution in [0.2, 0.25) is 0 Å². The summed E-state index contributed by atoms with van der Waals surface area (Å²) in [4.78, 5) is 14.6. The molecule has 1 heterocycles. The van der Waals surface area contributed by atoms with E-state index in [2.05, 4.69) is 9.35 Å². The molecule has 1 aromatic heterocycles. The summed E-state index contributed by atoms with van der Waals surface area (Å²) in [5.74, 6) is -1.45. The Kier molecular flexibility index (Phi) is 2.95. The van der Waals surface area contributed by atoms with E-state index in [1.807, 2.05) is 0 Å². The Balaban J connectivity index is 3.09. The van der Waals surface area contributed by atoms with Gasteiger partial charge >= 0.3 is 0 Å². The number of hydrogen-bond acceptors (Lipinski definition) is 3. The topological polar surface area (TPSA) is 59.4 Å². The number of amides is 1. The average Bonchev–Trinajstić information content (AvgIpc) is 2.01. The fourth-order valence-corrected chi connectivity index (χ4v) is 1.29. The van der Waals surface area contributed by atoms with Crippen molar-refractivity contribution < 1.29 is 13.4 Å². The molecule has 0 N–H and O–H groups in total. The second-order valence-corrected chi connectivity index (χ2v) is 5.49. The van der Waals surface area contributed by atoms with Gasteiger partial charge < -0.3 is 0 Å². The number of hydrogen-bond donors (Lipinski definition) is 0. The van der Waals surface area contributed by atoms with Crippen molar-refractivity contribution in [3.63, 3.8) is 0 Å². The van der Waals surface area contributed by atoms with Crippen molar-refractivity contribution in [1.82, 2.24) is 4.98 Å². The highest BCUT2D eigenvalue weighted by molar-refractivity contribution is 7.92. The number of pyridine rings is 1. The van der Waals surface area contributed by atoms with Gasteiger partial charge in [0, 0.05) is 40.1 Å². The van der Waals surface area contributed by atoms with Crippen LogP contribution in [0.25, 0.3) is 0 Å².